The molecule has 1 saturated carbocycles. The van der Waals surface area contributed by atoms with Gasteiger partial charge in [-0.2, -0.15) is 5.10 Å². The van der Waals surface area contributed by atoms with Crippen LogP contribution in [0.3, 0.4) is 0 Å². The van der Waals surface area contributed by atoms with Crippen LogP contribution in [0, 0.1) is 12.8 Å². The summed E-state index contributed by atoms with van der Waals surface area (Å²) in [5.41, 5.74) is 3.02. The van der Waals surface area contributed by atoms with Crippen molar-refractivity contribution in [2.75, 3.05) is 5.32 Å². The second kappa shape index (κ2) is 5.12. The number of aromatic nitrogens is 2. The van der Waals surface area contributed by atoms with E-state index in [9.17, 15) is 4.79 Å². The normalized spacial score (nSPS) is 14.9. The Morgan fingerprint density at radius 3 is 2.60 bits per heavy atom. The van der Waals surface area contributed by atoms with Gasteiger partial charge in [-0.1, -0.05) is 36.8 Å². The van der Waals surface area contributed by atoms with Crippen molar-refractivity contribution in [2.24, 2.45) is 13.0 Å². The summed E-state index contributed by atoms with van der Waals surface area (Å²) in [5.74, 6) is 1.12. The van der Waals surface area contributed by atoms with Crippen molar-refractivity contribution in [3.63, 3.8) is 0 Å². The number of hydrogen-bond donors (Lipinski definition) is 1. The molecule has 0 unspecified atom stereocenters. The first kappa shape index (κ1) is 12.9. The molecule has 4 nitrogen and oxygen atoms in total. The standard InChI is InChI=1S/C16H19N3O/c1-11-14(12-7-4-3-5-8-12)18-19(2)15(11)17-16(20)13-9-6-10-13/h3-5,7-8,13H,6,9-10H2,1-2H3,(H,17,20). The summed E-state index contributed by atoms with van der Waals surface area (Å²) in [4.78, 5) is 12.1. The Hall–Kier alpha value is -2.10. The molecule has 1 N–H and O–H groups in total. The lowest BCUT2D eigenvalue weighted by Gasteiger charge is -2.24. The highest BCUT2D eigenvalue weighted by Crippen LogP contribution is 2.30. The van der Waals surface area contributed by atoms with E-state index >= 15 is 0 Å². The average Bonchev–Trinajstić information content (AvgIpc) is 2.66. The van der Waals surface area contributed by atoms with Crippen molar-refractivity contribution in [1.29, 1.82) is 0 Å². The van der Waals surface area contributed by atoms with Crippen LogP contribution in [0.1, 0.15) is 24.8 Å². The molecule has 1 aromatic carbocycles. The second-order valence-corrected chi connectivity index (χ2v) is 5.43. The zero-order valence-corrected chi connectivity index (χ0v) is 11.9. The van der Waals surface area contributed by atoms with Gasteiger partial charge < -0.3 is 5.32 Å². The molecule has 0 bridgehead atoms. The van der Waals surface area contributed by atoms with Crippen LogP contribution in [0.25, 0.3) is 11.3 Å². The van der Waals surface area contributed by atoms with E-state index in [1.165, 1.54) is 0 Å². The van der Waals surface area contributed by atoms with Gasteiger partial charge in [-0.15, -0.1) is 0 Å². The first-order valence-corrected chi connectivity index (χ1v) is 7.06. The number of hydrogen-bond acceptors (Lipinski definition) is 2. The van der Waals surface area contributed by atoms with Crippen LogP contribution in [0.5, 0.6) is 0 Å². The van der Waals surface area contributed by atoms with Crippen LogP contribution in [-0.2, 0) is 11.8 Å². The fourth-order valence-electron chi connectivity index (χ4n) is 2.56. The highest BCUT2D eigenvalue weighted by Gasteiger charge is 2.26. The molecule has 0 saturated heterocycles. The third kappa shape index (κ3) is 2.22. The van der Waals surface area contributed by atoms with E-state index in [4.69, 9.17) is 0 Å². The summed E-state index contributed by atoms with van der Waals surface area (Å²) in [7, 11) is 1.87. The van der Waals surface area contributed by atoms with Crippen molar-refractivity contribution in [3.05, 3.63) is 35.9 Å². The number of aryl methyl sites for hydroxylation is 1. The molecule has 0 aliphatic heterocycles. The minimum absolute atomic E-state index is 0.127. The number of amides is 1. The maximum absolute atomic E-state index is 12.1. The molecule has 20 heavy (non-hydrogen) atoms. The van der Waals surface area contributed by atoms with Crippen molar-refractivity contribution in [2.45, 2.75) is 26.2 Å². The third-order valence-corrected chi connectivity index (χ3v) is 4.05. The second-order valence-electron chi connectivity index (χ2n) is 5.43. The summed E-state index contributed by atoms with van der Waals surface area (Å²) >= 11 is 0. The molecule has 1 amide bonds. The van der Waals surface area contributed by atoms with Crippen molar-refractivity contribution in [3.8, 4) is 11.3 Å². The lowest BCUT2D eigenvalue weighted by atomic mass is 9.85. The Kier molecular flexibility index (Phi) is 3.30. The van der Waals surface area contributed by atoms with Crippen LogP contribution in [0.15, 0.2) is 30.3 Å². The monoisotopic (exact) mass is 269 g/mol. The SMILES string of the molecule is Cc1c(-c2ccccc2)nn(C)c1NC(=O)C1CCC1. The van der Waals surface area contributed by atoms with Crippen LogP contribution in [0.4, 0.5) is 5.82 Å². The van der Waals surface area contributed by atoms with Crippen molar-refractivity contribution >= 4 is 11.7 Å². The summed E-state index contributed by atoms with van der Waals surface area (Å²) in [6.45, 7) is 2.01. The van der Waals surface area contributed by atoms with Gasteiger partial charge in [0, 0.05) is 24.1 Å². The molecule has 1 aliphatic rings. The molecule has 1 aromatic heterocycles. The maximum atomic E-state index is 12.1. The van der Waals surface area contributed by atoms with E-state index in [1.54, 1.807) is 4.68 Å². The number of nitrogens with zero attached hydrogens (tertiary/aromatic N) is 2. The fraction of sp³-hybridized carbons (Fsp3) is 0.375. The summed E-state index contributed by atoms with van der Waals surface area (Å²) in [6.07, 6.45) is 3.18. The molecular formula is C16H19N3O. The number of anilines is 1. The highest BCUT2D eigenvalue weighted by atomic mass is 16.2. The minimum atomic E-state index is 0.127. The molecule has 1 heterocycles. The van der Waals surface area contributed by atoms with E-state index in [1.807, 2.05) is 44.3 Å². The number of benzene rings is 1. The van der Waals surface area contributed by atoms with Gasteiger partial charge >= 0.3 is 0 Å². The van der Waals surface area contributed by atoms with Gasteiger partial charge in [-0.05, 0) is 19.8 Å². The molecular weight excluding hydrogens is 250 g/mol. The molecule has 3 rings (SSSR count). The summed E-state index contributed by atoms with van der Waals surface area (Å²) in [6, 6.07) is 10.0. The van der Waals surface area contributed by atoms with Gasteiger partial charge in [0.25, 0.3) is 0 Å². The fourth-order valence-corrected chi connectivity index (χ4v) is 2.56. The van der Waals surface area contributed by atoms with E-state index in [0.29, 0.717) is 0 Å². The molecule has 0 atom stereocenters. The topological polar surface area (TPSA) is 46.9 Å². The number of carbonyl (C=O) groups excluding carboxylic acids is 1. The van der Waals surface area contributed by atoms with Gasteiger partial charge in [-0.25, -0.2) is 0 Å². The molecule has 1 aliphatic carbocycles. The quantitative estimate of drug-likeness (QED) is 0.930. The van der Waals surface area contributed by atoms with E-state index < -0.39 is 0 Å². The zero-order chi connectivity index (χ0) is 14.1. The van der Waals surface area contributed by atoms with Gasteiger partial charge in [0.1, 0.15) is 5.82 Å². The predicted molar refractivity (Wildman–Crippen MR) is 79.4 cm³/mol. The van der Waals surface area contributed by atoms with Crippen LogP contribution in [0.2, 0.25) is 0 Å². The minimum Gasteiger partial charge on any atom is -0.310 e. The van der Waals surface area contributed by atoms with Gasteiger partial charge in [0.2, 0.25) is 5.91 Å². The smallest absolute Gasteiger partial charge is 0.228 e. The Morgan fingerprint density at radius 1 is 1.30 bits per heavy atom. The Bertz CT molecular complexity index is 627. The van der Waals surface area contributed by atoms with E-state index in [-0.39, 0.29) is 11.8 Å². The molecule has 4 heteroatoms. The van der Waals surface area contributed by atoms with E-state index in [0.717, 1.165) is 41.9 Å². The van der Waals surface area contributed by atoms with Gasteiger partial charge in [0.15, 0.2) is 0 Å². The average molecular weight is 269 g/mol. The Labute approximate surface area is 118 Å². The summed E-state index contributed by atoms with van der Waals surface area (Å²) < 4.78 is 1.76. The first-order valence-electron chi connectivity index (χ1n) is 7.06. The van der Waals surface area contributed by atoms with Crippen molar-refractivity contribution < 1.29 is 4.79 Å². The number of nitrogens with one attached hydrogen (secondary N) is 1. The van der Waals surface area contributed by atoms with Gasteiger partial charge in [-0.3, -0.25) is 9.48 Å². The molecule has 0 radical (unpaired) electrons. The van der Waals surface area contributed by atoms with E-state index in [2.05, 4.69) is 10.4 Å². The first-order chi connectivity index (χ1) is 9.66. The zero-order valence-electron chi connectivity index (χ0n) is 11.9. The number of carbonyl (C=O) groups is 1. The molecule has 0 spiro atoms. The van der Waals surface area contributed by atoms with Crippen LogP contribution < -0.4 is 5.32 Å². The lowest BCUT2D eigenvalue weighted by molar-refractivity contribution is -0.122. The van der Waals surface area contributed by atoms with Crippen LogP contribution >= 0.6 is 0 Å². The maximum Gasteiger partial charge on any atom is 0.228 e. The predicted octanol–water partition coefficient (Wildman–Crippen LogP) is 3.13. The number of rotatable bonds is 3. The van der Waals surface area contributed by atoms with Gasteiger partial charge in [0.05, 0.1) is 5.69 Å². The Morgan fingerprint density at radius 2 is 2.00 bits per heavy atom. The Balaban J connectivity index is 1.89. The lowest BCUT2D eigenvalue weighted by Crippen LogP contribution is -2.29. The molecule has 1 fully saturated rings. The van der Waals surface area contributed by atoms with Crippen LogP contribution in [-0.4, -0.2) is 15.7 Å². The largest absolute Gasteiger partial charge is 0.310 e. The molecule has 2 aromatic rings. The summed E-state index contributed by atoms with van der Waals surface area (Å²) in [5, 5.41) is 7.57. The highest BCUT2D eigenvalue weighted by molar-refractivity contribution is 5.93. The molecule has 104 valence electrons. The third-order valence-electron chi connectivity index (χ3n) is 4.05. The van der Waals surface area contributed by atoms with Crippen molar-refractivity contribution in [1.82, 2.24) is 9.78 Å².